The number of aromatic nitrogens is 2. The van der Waals surface area contributed by atoms with Crippen LogP contribution >= 0.6 is 23.5 Å². The molecule has 1 fully saturated rings. The van der Waals surface area contributed by atoms with E-state index in [1.807, 2.05) is 35.1 Å². The SMILES string of the molecule is CCn1ncc(OC)c1C(O)C1CSCCS1. The van der Waals surface area contributed by atoms with Crippen molar-refractivity contribution in [3.8, 4) is 5.75 Å². The Bertz CT molecular complexity index is 343. The standard InChI is InChI=1S/C11H18N2O2S2/c1-3-13-10(8(15-2)6-12-13)11(14)9-7-16-4-5-17-9/h6,9,11,14H,3-5,7H2,1-2H3. The van der Waals surface area contributed by atoms with Crippen LogP contribution in [0.3, 0.4) is 0 Å². The number of rotatable bonds is 4. The number of aliphatic hydroxyl groups is 1. The fourth-order valence-corrected chi connectivity index (χ4v) is 4.67. The molecule has 1 aliphatic rings. The van der Waals surface area contributed by atoms with E-state index in [0.717, 1.165) is 23.7 Å². The summed E-state index contributed by atoms with van der Waals surface area (Å²) in [5.41, 5.74) is 0.815. The molecule has 0 amide bonds. The minimum Gasteiger partial charge on any atom is -0.493 e. The Morgan fingerprint density at radius 2 is 2.47 bits per heavy atom. The van der Waals surface area contributed by atoms with Crippen molar-refractivity contribution in [1.82, 2.24) is 9.78 Å². The third-order valence-electron chi connectivity index (χ3n) is 2.84. The average molecular weight is 274 g/mol. The van der Waals surface area contributed by atoms with Gasteiger partial charge in [-0.1, -0.05) is 0 Å². The molecule has 2 heterocycles. The zero-order chi connectivity index (χ0) is 12.3. The average Bonchev–Trinajstić information content (AvgIpc) is 2.81. The van der Waals surface area contributed by atoms with Gasteiger partial charge < -0.3 is 9.84 Å². The van der Waals surface area contributed by atoms with Gasteiger partial charge in [0.05, 0.1) is 13.3 Å². The molecule has 2 atom stereocenters. The zero-order valence-electron chi connectivity index (χ0n) is 10.1. The largest absolute Gasteiger partial charge is 0.493 e. The van der Waals surface area contributed by atoms with Crippen molar-refractivity contribution in [2.75, 3.05) is 24.4 Å². The summed E-state index contributed by atoms with van der Waals surface area (Å²) in [6.45, 7) is 2.77. The first-order valence-corrected chi connectivity index (χ1v) is 7.95. The summed E-state index contributed by atoms with van der Waals surface area (Å²) in [5.74, 6) is 3.97. The van der Waals surface area contributed by atoms with Crippen LogP contribution in [0.15, 0.2) is 6.20 Å². The summed E-state index contributed by atoms with van der Waals surface area (Å²) in [5, 5.41) is 15.0. The molecule has 17 heavy (non-hydrogen) atoms. The van der Waals surface area contributed by atoms with E-state index >= 15 is 0 Å². The molecule has 1 aliphatic heterocycles. The van der Waals surface area contributed by atoms with E-state index < -0.39 is 6.10 Å². The quantitative estimate of drug-likeness (QED) is 0.907. The highest BCUT2D eigenvalue weighted by Gasteiger charge is 2.29. The molecule has 6 heteroatoms. The summed E-state index contributed by atoms with van der Waals surface area (Å²) in [4.78, 5) is 0. The fourth-order valence-electron chi connectivity index (χ4n) is 1.95. The van der Waals surface area contributed by atoms with Crippen LogP contribution in [-0.4, -0.2) is 44.5 Å². The lowest BCUT2D eigenvalue weighted by molar-refractivity contribution is 0.165. The first-order valence-electron chi connectivity index (χ1n) is 5.75. The lowest BCUT2D eigenvalue weighted by Gasteiger charge is -2.26. The molecule has 1 aromatic rings. The predicted octanol–water partition coefficient (Wildman–Crippen LogP) is 1.79. The molecule has 0 spiro atoms. The molecule has 96 valence electrons. The van der Waals surface area contributed by atoms with Crippen LogP contribution in [0.2, 0.25) is 0 Å². The summed E-state index contributed by atoms with van der Waals surface area (Å²) in [6.07, 6.45) is 1.19. The van der Waals surface area contributed by atoms with E-state index in [2.05, 4.69) is 5.10 Å². The second kappa shape index (κ2) is 6.02. The number of aliphatic hydroxyl groups excluding tert-OH is 1. The predicted molar refractivity (Wildman–Crippen MR) is 73.0 cm³/mol. The van der Waals surface area contributed by atoms with Gasteiger partial charge in [0.2, 0.25) is 0 Å². The number of nitrogens with zero attached hydrogens (tertiary/aromatic N) is 2. The van der Waals surface area contributed by atoms with Crippen LogP contribution in [0.4, 0.5) is 0 Å². The maximum absolute atomic E-state index is 10.5. The van der Waals surface area contributed by atoms with Crippen molar-refractivity contribution in [2.45, 2.75) is 24.8 Å². The van der Waals surface area contributed by atoms with Gasteiger partial charge in [0.15, 0.2) is 5.75 Å². The van der Waals surface area contributed by atoms with Crippen LogP contribution < -0.4 is 4.74 Å². The molecule has 1 aromatic heterocycles. The Balaban J connectivity index is 2.21. The van der Waals surface area contributed by atoms with Gasteiger partial charge in [-0.05, 0) is 6.92 Å². The Kier molecular flexibility index (Phi) is 4.64. The third-order valence-corrected chi connectivity index (χ3v) is 5.69. The molecule has 2 unspecified atom stereocenters. The smallest absolute Gasteiger partial charge is 0.162 e. The van der Waals surface area contributed by atoms with Crippen LogP contribution in [0.1, 0.15) is 18.7 Å². The second-order valence-corrected chi connectivity index (χ2v) is 6.34. The lowest BCUT2D eigenvalue weighted by atomic mass is 10.2. The molecule has 0 radical (unpaired) electrons. The number of methoxy groups -OCH3 is 1. The number of thioether (sulfide) groups is 2. The van der Waals surface area contributed by atoms with Crippen LogP contribution in [0.25, 0.3) is 0 Å². The highest BCUT2D eigenvalue weighted by atomic mass is 32.2. The monoisotopic (exact) mass is 274 g/mol. The van der Waals surface area contributed by atoms with Crippen LogP contribution in [0.5, 0.6) is 5.75 Å². The first kappa shape index (κ1) is 13.1. The van der Waals surface area contributed by atoms with Crippen molar-refractivity contribution in [3.63, 3.8) is 0 Å². The van der Waals surface area contributed by atoms with E-state index in [9.17, 15) is 5.11 Å². The van der Waals surface area contributed by atoms with Gasteiger partial charge in [0, 0.05) is 29.1 Å². The summed E-state index contributed by atoms with van der Waals surface area (Å²) < 4.78 is 7.10. The number of hydrogen-bond donors (Lipinski definition) is 1. The Labute approximate surface area is 110 Å². The highest BCUT2D eigenvalue weighted by Crippen LogP contribution is 2.36. The summed E-state index contributed by atoms with van der Waals surface area (Å²) in [7, 11) is 1.62. The van der Waals surface area contributed by atoms with E-state index in [1.54, 1.807) is 13.3 Å². The van der Waals surface area contributed by atoms with Gasteiger partial charge in [-0.3, -0.25) is 4.68 Å². The van der Waals surface area contributed by atoms with Crippen molar-refractivity contribution in [2.24, 2.45) is 0 Å². The third kappa shape index (κ3) is 2.74. The molecule has 0 saturated carbocycles. The van der Waals surface area contributed by atoms with Gasteiger partial charge in [0.25, 0.3) is 0 Å². The molecular weight excluding hydrogens is 256 g/mol. The number of aryl methyl sites for hydroxylation is 1. The van der Waals surface area contributed by atoms with Crippen LogP contribution in [-0.2, 0) is 6.54 Å². The molecule has 4 nitrogen and oxygen atoms in total. The molecule has 1 saturated heterocycles. The molecule has 0 aliphatic carbocycles. The highest BCUT2D eigenvalue weighted by molar-refractivity contribution is 8.06. The van der Waals surface area contributed by atoms with Gasteiger partial charge in [0.1, 0.15) is 11.8 Å². The van der Waals surface area contributed by atoms with E-state index in [1.165, 1.54) is 5.75 Å². The Morgan fingerprint density at radius 1 is 1.65 bits per heavy atom. The van der Waals surface area contributed by atoms with E-state index in [0.29, 0.717) is 5.75 Å². The first-order chi connectivity index (χ1) is 8.27. The van der Waals surface area contributed by atoms with Gasteiger partial charge in [-0.2, -0.15) is 28.6 Å². The maximum atomic E-state index is 10.5. The molecule has 0 aromatic carbocycles. The van der Waals surface area contributed by atoms with E-state index in [4.69, 9.17) is 4.74 Å². The molecule has 0 bridgehead atoms. The second-order valence-electron chi connectivity index (χ2n) is 3.84. The minimum atomic E-state index is -0.495. The van der Waals surface area contributed by atoms with Gasteiger partial charge >= 0.3 is 0 Å². The Morgan fingerprint density at radius 3 is 3.06 bits per heavy atom. The minimum absolute atomic E-state index is 0.240. The summed E-state index contributed by atoms with van der Waals surface area (Å²) >= 11 is 3.74. The van der Waals surface area contributed by atoms with Crippen molar-refractivity contribution in [1.29, 1.82) is 0 Å². The fraction of sp³-hybridized carbons (Fsp3) is 0.727. The maximum Gasteiger partial charge on any atom is 0.162 e. The Hall–Kier alpha value is -0.330. The van der Waals surface area contributed by atoms with Gasteiger partial charge in [-0.15, -0.1) is 0 Å². The lowest BCUT2D eigenvalue weighted by Crippen LogP contribution is -2.25. The normalized spacial score (nSPS) is 22.4. The van der Waals surface area contributed by atoms with E-state index in [-0.39, 0.29) is 5.25 Å². The zero-order valence-corrected chi connectivity index (χ0v) is 11.8. The van der Waals surface area contributed by atoms with Crippen molar-refractivity contribution < 1.29 is 9.84 Å². The molecular formula is C11H18N2O2S2. The number of hydrogen-bond acceptors (Lipinski definition) is 5. The van der Waals surface area contributed by atoms with Crippen LogP contribution in [0, 0.1) is 0 Å². The van der Waals surface area contributed by atoms with Crippen molar-refractivity contribution >= 4 is 23.5 Å². The van der Waals surface area contributed by atoms with Crippen molar-refractivity contribution in [3.05, 3.63) is 11.9 Å². The van der Waals surface area contributed by atoms with Gasteiger partial charge in [-0.25, -0.2) is 0 Å². The molecule has 1 N–H and O–H groups in total. The topological polar surface area (TPSA) is 47.3 Å². The summed E-state index contributed by atoms with van der Waals surface area (Å²) in [6, 6.07) is 0. The molecule has 2 rings (SSSR count). The number of ether oxygens (including phenoxy) is 1.